The summed E-state index contributed by atoms with van der Waals surface area (Å²) in [6, 6.07) is 9.58. The highest BCUT2D eigenvalue weighted by molar-refractivity contribution is 7.17. The second-order valence-electron chi connectivity index (χ2n) is 7.45. The van der Waals surface area contributed by atoms with Crippen molar-refractivity contribution in [2.24, 2.45) is 5.92 Å². The molecule has 0 radical (unpaired) electrons. The van der Waals surface area contributed by atoms with E-state index in [2.05, 4.69) is 12.2 Å². The molecule has 1 aliphatic carbocycles. The van der Waals surface area contributed by atoms with E-state index in [1.807, 2.05) is 30.3 Å². The molecule has 4 rings (SSSR count). The molecule has 156 valence electrons. The number of thiophene rings is 1. The van der Waals surface area contributed by atoms with Crippen molar-refractivity contribution in [2.45, 2.75) is 39.5 Å². The van der Waals surface area contributed by atoms with Gasteiger partial charge in [0.25, 0.3) is 0 Å². The Morgan fingerprint density at radius 3 is 2.90 bits per heavy atom. The summed E-state index contributed by atoms with van der Waals surface area (Å²) in [5.41, 5.74) is 2.34. The van der Waals surface area contributed by atoms with Gasteiger partial charge in [-0.1, -0.05) is 31.5 Å². The normalized spacial score (nSPS) is 16.0. The number of benzene rings is 1. The number of carbonyl (C=O) groups excluding carboxylic acids is 2. The Balaban J connectivity index is 1.56. The Bertz CT molecular complexity index is 1070. The van der Waals surface area contributed by atoms with Gasteiger partial charge >= 0.3 is 5.97 Å². The number of esters is 1. The second kappa shape index (κ2) is 8.88. The summed E-state index contributed by atoms with van der Waals surface area (Å²) in [5, 5.41) is 4.46. The summed E-state index contributed by atoms with van der Waals surface area (Å²) in [6.07, 6.45) is 7.05. The molecule has 1 aliphatic rings. The van der Waals surface area contributed by atoms with Gasteiger partial charge < -0.3 is 14.5 Å². The number of para-hydroxylation sites is 1. The molecular weight excluding hydrogens is 398 g/mol. The third kappa shape index (κ3) is 4.19. The fraction of sp³-hybridized carbons (Fsp3) is 0.333. The van der Waals surface area contributed by atoms with Crippen LogP contribution in [0.3, 0.4) is 0 Å². The highest BCUT2D eigenvalue weighted by atomic mass is 32.1. The minimum atomic E-state index is -0.360. The largest absolute Gasteiger partial charge is 0.462 e. The molecule has 0 unspecified atom stereocenters. The molecule has 1 N–H and O–H groups in total. The van der Waals surface area contributed by atoms with Crippen LogP contribution in [-0.2, 0) is 22.4 Å². The minimum absolute atomic E-state index is 0.299. The number of furan rings is 1. The van der Waals surface area contributed by atoms with Crippen LogP contribution in [0.25, 0.3) is 17.0 Å². The van der Waals surface area contributed by atoms with Crippen LogP contribution in [0.1, 0.15) is 53.2 Å². The van der Waals surface area contributed by atoms with Crippen molar-refractivity contribution in [3.63, 3.8) is 0 Å². The van der Waals surface area contributed by atoms with E-state index in [1.165, 1.54) is 22.3 Å². The molecule has 30 heavy (non-hydrogen) atoms. The molecule has 0 aliphatic heterocycles. The lowest BCUT2D eigenvalue weighted by Gasteiger charge is -2.20. The Kier molecular flexibility index (Phi) is 6.04. The predicted octanol–water partition coefficient (Wildman–Crippen LogP) is 5.84. The van der Waals surface area contributed by atoms with Crippen LogP contribution in [0.15, 0.2) is 40.8 Å². The van der Waals surface area contributed by atoms with Crippen molar-refractivity contribution >= 4 is 45.3 Å². The maximum Gasteiger partial charge on any atom is 0.341 e. The third-order valence-electron chi connectivity index (χ3n) is 5.50. The molecule has 1 amide bonds. The van der Waals surface area contributed by atoms with Crippen molar-refractivity contribution in [1.29, 1.82) is 0 Å². The van der Waals surface area contributed by atoms with Crippen molar-refractivity contribution < 1.29 is 18.7 Å². The molecule has 0 fully saturated rings. The fourth-order valence-corrected chi connectivity index (χ4v) is 5.26. The molecule has 6 heteroatoms. The Morgan fingerprint density at radius 2 is 2.13 bits per heavy atom. The highest BCUT2D eigenvalue weighted by Gasteiger charge is 2.29. The molecule has 2 heterocycles. The van der Waals surface area contributed by atoms with E-state index >= 15 is 0 Å². The predicted molar refractivity (Wildman–Crippen MR) is 120 cm³/mol. The second-order valence-corrected chi connectivity index (χ2v) is 8.56. The van der Waals surface area contributed by atoms with Crippen molar-refractivity contribution in [3.05, 3.63) is 58.2 Å². The Labute approximate surface area is 179 Å². The standard InChI is InChI=1S/C24H25NO4S/c1-3-15-9-11-18-20(13-15)30-23(22(18)24(27)28-4-2)25-21(26)12-10-17-14-16-7-5-6-8-19(16)29-17/h5-8,10,12,14-15H,3-4,9,11,13H2,1-2H3,(H,25,26)/b12-10+/t15-/m0/s1. The summed E-state index contributed by atoms with van der Waals surface area (Å²) in [6.45, 7) is 4.29. The molecule has 3 aromatic rings. The summed E-state index contributed by atoms with van der Waals surface area (Å²) in [4.78, 5) is 26.4. The quantitative estimate of drug-likeness (QED) is 0.400. The van der Waals surface area contributed by atoms with Crippen molar-refractivity contribution in [2.75, 3.05) is 11.9 Å². The zero-order chi connectivity index (χ0) is 21.1. The van der Waals surface area contributed by atoms with Crippen LogP contribution in [0, 0.1) is 5.92 Å². The van der Waals surface area contributed by atoms with E-state index in [4.69, 9.17) is 9.15 Å². The van der Waals surface area contributed by atoms with Gasteiger partial charge in [0.05, 0.1) is 12.2 Å². The van der Waals surface area contributed by atoms with Gasteiger partial charge in [0, 0.05) is 16.3 Å². The molecule has 1 aromatic carbocycles. The van der Waals surface area contributed by atoms with Crippen LogP contribution >= 0.6 is 11.3 Å². The highest BCUT2D eigenvalue weighted by Crippen LogP contribution is 2.40. The van der Waals surface area contributed by atoms with Gasteiger partial charge in [-0.25, -0.2) is 4.79 Å². The maximum atomic E-state index is 12.6. The van der Waals surface area contributed by atoms with Gasteiger partial charge in [-0.2, -0.15) is 0 Å². The number of ether oxygens (including phenoxy) is 1. The smallest absolute Gasteiger partial charge is 0.341 e. The Morgan fingerprint density at radius 1 is 1.30 bits per heavy atom. The van der Waals surface area contributed by atoms with Crippen molar-refractivity contribution in [1.82, 2.24) is 0 Å². The van der Waals surface area contributed by atoms with Crippen LogP contribution in [0.4, 0.5) is 5.00 Å². The zero-order valence-corrected chi connectivity index (χ0v) is 18.0. The van der Waals surface area contributed by atoms with E-state index < -0.39 is 0 Å². The third-order valence-corrected chi connectivity index (χ3v) is 6.67. The van der Waals surface area contributed by atoms with E-state index in [1.54, 1.807) is 13.0 Å². The number of rotatable bonds is 6. The lowest BCUT2D eigenvalue weighted by atomic mass is 9.85. The maximum absolute atomic E-state index is 12.6. The SMILES string of the molecule is CCOC(=O)c1c(NC(=O)/C=C/c2cc3ccccc3o2)sc2c1CC[C@H](CC)C2. The van der Waals surface area contributed by atoms with E-state index in [0.717, 1.165) is 42.2 Å². The average molecular weight is 424 g/mol. The van der Waals surface area contributed by atoms with Gasteiger partial charge in [0.15, 0.2) is 0 Å². The summed E-state index contributed by atoms with van der Waals surface area (Å²) in [5.74, 6) is 0.573. The van der Waals surface area contributed by atoms with Crippen LogP contribution in [0.2, 0.25) is 0 Å². The molecular formula is C24H25NO4S. The molecule has 0 saturated heterocycles. The Hall–Kier alpha value is -2.86. The number of hydrogen-bond donors (Lipinski definition) is 1. The fourth-order valence-electron chi connectivity index (χ4n) is 3.91. The first-order chi connectivity index (χ1) is 14.6. The monoisotopic (exact) mass is 423 g/mol. The molecule has 0 spiro atoms. The molecule has 5 nitrogen and oxygen atoms in total. The number of hydrogen-bond acceptors (Lipinski definition) is 5. The van der Waals surface area contributed by atoms with Crippen LogP contribution < -0.4 is 5.32 Å². The van der Waals surface area contributed by atoms with E-state index in [-0.39, 0.29) is 11.9 Å². The first kappa shape index (κ1) is 20.4. The van der Waals surface area contributed by atoms with Gasteiger partial charge in [0.1, 0.15) is 16.3 Å². The van der Waals surface area contributed by atoms with E-state index in [0.29, 0.717) is 28.8 Å². The topological polar surface area (TPSA) is 68.5 Å². The summed E-state index contributed by atoms with van der Waals surface area (Å²) in [7, 11) is 0. The van der Waals surface area contributed by atoms with Crippen molar-refractivity contribution in [3.8, 4) is 0 Å². The average Bonchev–Trinajstić information content (AvgIpc) is 3.32. The van der Waals surface area contributed by atoms with Gasteiger partial charge in [-0.05, 0) is 55.9 Å². The summed E-state index contributed by atoms with van der Waals surface area (Å²) >= 11 is 1.50. The van der Waals surface area contributed by atoms with Crippen LogP contribution in [-0.4, -0.2) is 18.5 Å². The minimum Gasteiger partial charge on any atom is -0.462 e. The lowest BCUT2D eigenvalue weighted by Crippen LogP contribution is -2.16. The number of anilines is 1. The molecule has 2 aromatic heterocycles. The lowest BCUT2D eigenvalue weighted by molar-refractivity contribution is -0.111. The van der Waals surface area contributed by atoms with Crippen LogP contribution in [0.5, 0.6) is 0 Å². The number of nitrogens with one attached hydrogen (secondary N) is 1. The number of amides is 1. The zero-order valence-electron chi connectivity index (χ0n) is 17.2. The van der Waals surface area contributed by atoms with Gasteiger partial charge in [0.2, 0.25) is 5.91 Å². The summed E-state index contributed by atoms with van der Waals surface area (Å²) < 4.78 is 11.0. The number of carbonyl (C=O) groups is 2. The van der Waals surface area contributed by atoms with Gasteiger partial charge in [-0.3, -0.25) is 4.79 Å². The van der Waals surface area contributed by atoms with Gasteiger partial charge in [-0.15, -0.1) is 11.3 Å². The first-order valence-electron chi connectivity index (χ1n) is 10.4. The van der Waals surface area contributed by atoms with E-state index in [9.17, 15) is 9.59 Å². The molecule has 0 saturated carbocycles. The molecule has 0 bridgehead atoms. The molecule has 1 atom stereocenters. The first-order valence-corrected chi connectivity index (χ1v) is 11.2. The number of fused-ring (bicyclic) bond motifs is 2.